The van der Waals surface area contributed by atoms with Gasteiger partial charge in [0.25, 0.3) is 0 Å². The van der Waals surface area contributed by atoms with Crippen LogP contribution in [0.1, 0.15) is 46.0 Å². The molecule has 2 aliphatic rings. The average Bonchev–Trinajstić information content (AvgIpc) is 2.76. The molecule has 1 unspecified atom stereocenters. The third kappa shape index (κ3) is 10.1. The smallest absolute Gasteiger partial charge is 0.191 e. The van der Waals surface area contributed by atoms with Gasteiger partial charge in [-0.1, -0.05) is 26.7 Å². The van der Waals surface area contributed by atoms with Crippen LogP contribution in [0.15, 0.2) is 4.99 Å². The maximum atomic E-state index is 5.94. The molecule has 0 aromatic rings. The van der Waals surface area contributed by atoms with Gasteiger partial charge in [-0.3, -0.25) is 9.89 Å². The Bertz CT molecular complexity index is 426. The van der Waals surface area contributed by atoms with Crippen molar-refractivity contribution in [2.24, 2.45) is 10.9 Å². The molecule has 2 N–H and O–H groups in total. The molecule has 0 saturated carbocycles. The summed E-state index contributed by atoms with van der Waals surface area (Å²) < 4.78 is 16.9. The average molecular weight is 527 g/mol. The predicted molar refractivity (Wildman–Crippen MR) is 129 cm³/mol. The highest BCUT2D eigenvalue weighted by Crippen LogP contribution is 2.19. The standard InChI is InChI=1S/C21H42N4O3.HI/c1-4-18(5-2)20(25-10-15-27-16-11-25)17-24-21(22-3)23-9-6-12-28-19-7-13-26-14-8-19;/h18-20H,4-17H2,1-3H3,(H2,22,23,24);1H. The van der Waals surface area contributed by atoms with Gasteiger partial charge >= 0.3 is 0 Å². The second-order valence-electron chi connectivity index (χ2n) is 7.71. The largest absolute Gasteiger partial charge is 0.381 e. The molecule has 7 nitrogen and oxygen atoms in total. The first-order valence-corrected chi connectivity index (χ1v) is 11.2. The molecule has 172 valence electrons. The quantitative estimate of drug-likeness (QED) is 0.187. The summed E-state index contributed by atoms with van der Waals surface area (Å²) in [5, 5.41) is 6.99. The summed E-state index contributed by atoms with van der Waals surface area (Å²) in [5.41, 5.74) is 0. The van der Waals surface area contributed by atoms with Crippen LogP contribution >= 0.6 is 24.0 Å². The second kappa shape index (κ2) is 16.5. The molecule has 1 atom stereocenters. The van der Waals surface area contributed by atoms with Gasteiger partial charge in [0.05, 0.1) is 19.3 Å². The normalized spacial score (nSPS) is 20.3. The van der Waals surface area contributed by atoms with Gasteiger partial charge in [0.1, 0.15) is 0 Å². The summed E-state index contributed by atoms with van der Waals surface area (Å²) in [7, 11) is 1.84. The highest BCUT2D eigenvalue weighted by molar-refractivity contribution is 14.0. The van der Waals surface area contributed by atoms with Crippen LogP contribution in [0.4, 0.5) is 0 Å². The molecule has 2 rings (SSSR count). The number of rotatable bonds is 11. The van der Waals surface area contributed by atoms with E-state index in [9.17, 15) is 0 Å². The monoisotopic (exact) mass is 526 g/mol. The van der Waals surface area contributed by atoms with Gasteiger partial charge in [-0.15, -0.1) is 24.0 Å². The fourth-order valence-electron chi connectivity index (χ4n) is 4.13. The van der Waals surface area contributed by atoms with Crippen LogP contribution < -0.4 is 10.6 Å². The van der Waals surface area contributed by atoms with E-state index in [0.29, 0.717) is 18.1 Å². The van der Waals surface area contributed by atoms with Gasteiger partial charge in [0, 0.05) is 59.1 Å². The van der Waals surface area contributed by atoms with Crippen molar-refractivity contribution in [1.82, 2.24) is 15.5 Å². The molecular formula is C21H43IN4O3. The highest BCUT2D eigenvalue weighted by Gasteiger charge is 2.27. The van der Waals surface area contributed by atoms with E-state index in [4.69, 9.17) is 14.2 Å². The molecule has 0 bridgehead atoms. The lowest BCUT2D eigenvalue weighted by Gasteiger charge is -2.39. The Morgan fingerprint density at radius 1 is 1.07 bits per heavy atom. The van der Waals surface area contributed by atoms with E-state index in [1.165, 1.54) is 12.8 Å². The van der Waals surface area contributed by atoms with Gasteiger partial charge in [-0.2, -0.15) is 0 Å². The molecule has 0 radical (unpaired) electrons. The predicted octanol–water partition coefficient (Wildman–Crippen LogP) is 2.49. The molecule has 8 heteroatoms. The number of morpholine rings is 1. The number of hydrogen-bond acceptors (Lipinski definition) is 5. The lowest BCUT2D eigenvalue weighted by Crippen LogP contribution is -2.53. The van der Waals surface area contributed by atoms with Crippen LogP contribution in [0, 0.1) is 5.92 Å². The Labute approximate surface area is 194 Å². The minimum Gasteiger partial charge on any atom is -0.381 e. The Balaban J connectivity index is 0.00000420. The number of ether oxygens (including phenoxy) is 3. The van der Waals surface area contributed by atoms with Crippen LogP contribution in [-0.2, 0) is 14.2 Å². The van der Waals surface area contributed by atoms with Crippen molar-refractivity contribution in [3.8, 4) is 0 Å². The molecule has 29 heavy (non-hydrogen) atoms. The lowest BCUT2D eigenvalue weighted by atomic mass is 9.92. The van der Waals surface area contributed by atoms with Gasteiger partial charge in [-0.05, 0) is 25.2 Å². The molecular weight excluding hydrogens is 483 g/mol. The van der Waals surface area contributed by atoms with Crippen LogP contribution in [0.2, 0.25) is 0 Å². The summed E-state index contributed by atoms with van der Waals surface area (Å²) in [6.45, 7) is 12.6. The number of halogens is 1. The van der Waals surface area contributed by atoms with Crippen molar-refractivity contribution in [2.45, 2.75) is 58.1 Å². The van der Waals surface area contributed by atoms with Crippen molar-refractivity contribution in [1.29, 1.82) is 0 Å². The summed E-state index contributed by atoms with van der Waals surface area (Å²) >= 11 is 0. The zero-order valence-electron chi connectivity index (χ0n) is 18.7. The zero-order chi connectivity index (χ0) is 20.0. The van der Waals surface area contributed by atoms with Crippen LogP contribution in [0.5, 0.6) is 0 Å². The van der Waals surface area contributed by atoms with Gasteiger partial charge in [-0.25, -0.2) is 0 Å². The summed E-state index contributed by atoms with van der Waals surface area (Å²) in [5.74, 6) is 1.58. The third-order valence-corrected chi connectivity index (χ3v) is 5.95. The fraction of sp³-hybridized carbons (Fsp3) is 0.952. The third-order valence-electron chi connectivity index (χ3n) is 5.95. The maximum absolute atomic E-state index is 5.94. The number of nitrogens with zero attached hydrogens (tertiary/aromatic N) is 2. The summed E-state index contributed by atoms with van der Waals surface area (Å²) in [4.78, 5) is 6.98. The first kappa shape index (κ1) is 26.9. The molecule has 2 saturated heterocycles. The topological polar surface area (TPSA) is 67.4 Å². The van der Waals surface area contributed by atoms with E-state index >= 15 is 0 Å². The van der Waals surface area contributed by atoms with Crippen molar-refractivity contribution in [3.05, 3.63) is 0 Å². The van der Waals surface area contributed by atoms with Crippen LogP contribution in [-0.4, -0.2) is 89.3 Å². The molecule has 0 spiro atoms. The van der Waals surface area contributed by atoms with Gasteiger partial charge in [0.2, 0.25) is 0 Å². The SMILES string of the molecule is CCC(CC)C(CNC(=NC)NCCCOC1CCOCC1)N1CCOCC1.I. The molecule has 2 heterocycles. The van der Waals surface area contributed by atoms with E-state index in [0.717, 1.165) is 84.4 Å². The van der Waals surface area contributed by atoms with E-state index in [-0.39, 0.29) is 24.0 Å². The summed E-state index contributed by atoms with van der Waals surface area (Å²) in [6, 6.07) is 0.523. The Morgan fingerprint density at radius 3 is 2.34 bits per heavy atom. The Morgan fingerprint density at radius 2 is 1.72 bits per heavy atom. The highest BCUT2D eigenvalue weighted by atomic mass is 127. The van der Waals surface area contributed by atoms with E-state index in [1.807, 2.05) is 7.05 Å². The molecule has 2 fully saturated rings. The molecule has 0 amide bonds. The van der Waals surface area contributed by atoms with E-state index in [1.54, 1.807) is 0 Å². The Hall–Kier alpha value is -0.160. The van der Waals surface area contributed by atoms with E-state index < -0.39 is 0 Å². The number of guanidine groups is 1. The van der Waals surface area contributed by atoms with Crippen LogP contribution in [0.25, 0.3) is 0 Å². The van der Waals surface area contributed by atoms with Crippen LogP contribution in [0.3, 0.4) is 0 Å². The minimum atomic E-state index is 0. The first-order chi connectivity index (χ1) is 13.8. The maximum Gasteiger partial charge on any atom is 0.191 e. The van der Waals surface area contributed by atoms with Gasteiger partial charge in [0.15, 0.2) is 5.96 Å². The van der Waals surface area contributed by atoms with Crippen molar-refractivity contribution >= 4 is 29.9 Å². The van der Waals surface area contributed by atoms with Crippen molar-refractivity contribution in [2.75, 3.05) is 66.3 Å². The first-order valence-electron chi connectivity index (χ1n) is 11.2. The second-order valence-corrected chi connectivity index (χ2v) is 7.71. The number of nitrogens with one attached hydrogen (secondary N) is 2. The molecule has 2 aliphatic heterocycles. The molecule has 0 aliphatic carbocycles. The van der Waals surface area contributed by atoms with Gasteiger partial charge < -0.3 is 24.8 Å². The van der Waals surface area contributed by atoms with Crippen molar-refractivity contribution < 1.29 is 14.2 Å². The molecule has 0 aromatic carbocycles. The zero-order valence-corrected chi connectivity index (χ0v) is 21.0. The lowest BCUT2D eigenvalue weighted by molar-refractivity contribution is -0.0320. The summed E-state index contributed by atoms with van der Waals surface area (Å²) in [6.07, 6.45) is 5.81. The van der Waals surface area contributed by atoms with Crippen molar-refractivity contribution in [3.63, 3.8) is 0 Å². The Kier molecular flexibility index (Phi) is 15.3. The molecule has 0 aromatic heterocycles. The number of aliphatic imine (C=N–C) groups is 1. The van der Waals surface area contributed by atoms with E-state index in [2.05, 4.69) is 34.4 Å². The number of hydrogen-bond donors (Lipinski definition) is 2. The fourth-order valence-corrected chi connectivity index (χ4v) is 4.13. The minimum absolute atomic E-state index is 0.